The summed E-state index contributed by atoms with van der Waals surface area (Å²) in [5.74, 6) is 0. The molecule has 2 rings (SSSR count). The molecule has 0 radical (unpaired) electrons. The number of nitrogens with one attached hydrogen (secondary N) is 2. The Morgan fingerprint density at radius 3 is 1.93 bits per heavy atom. The van der Waals surface area contributed by atoms with Crippen LogP contribution in [0, 0.1) is 13.8 Å². The van der Waals surface area contributed by atoms with Gasteiger partial charge in [-0.15, -0.1) is 0 Å². The van der Waals surface area contributed by atoms with Crippen LogP contribution in [0.3, 0.4) is 0 Å². The fourth-order valence-electron chi connectivity index (χ4n) is 2.42. The highest BCUT2D eigenvalue weighted by Gasteiger charge is 2.22. The van der Waals surface area contributed by atoms with Crippen molar-refractivity contribution in [3.05, 3.63) is 52.5 Å². The van der Waals surface area contributed by atoms with Crippen LogP contribution in [-0.4, -0.2) is 22.4 Å². The van der Waals surface area contributed by atoms with Gasteiger partial charge in [0.2, 0.25) is 10.0 Å². The summed E-state index contributed by atoms with van der Waals surface area (Å²) in [6.07, 6.45) is 0. The molecule has 2 aromatic carbocycles. The van der Waals surface area contributed by atoms with E-state index >= 15 is 0 Å². The molecule has 2 aromatic rings. The van der Waals surface area contributed by atoms with Crippen LogP contribution in [0.2, 0.25) is 5.02 Å². The fraction of sp³-hybridized carbons (Fsp3) is 0.333. The number of hydrogen-bond donors (Lipinski definition) is 2. The van der Waals surface area contributed by atoms with Gasteiger partial charge >= 0.3 is 0 Å². The molecule has 0 atom stereocenters. The molecule has 0 unspecified atom stereocenters. The predicted molar refractivity (Wildman–Crippen MR) is 108 cm³/mol. The van der Waals surface area contributed by atoms with E-state index in [0.29, 0.717) is 16.1 Å². The first-order valence-corrected chi connectivity index (χ1v) is 11.5. The summed E-state index contributed by atoms with van der Waals surface area (Å²) in [6, 6.07) is 8.63. The molecule has 0 aromatic heterocycles. The maximum absolute atomic E-state index is 12.7. The Bertz CT molecular complexity index is 1060. The minimum Gasteiger partial charge on any atom is -0.280 e. The molecule has 2 N–H and O–H groups in total. The van der Waals surface area contributed by atoms with Crippen molar-refractivity contribution in [2.45, 2.75) is 49.9 Å². The monoisotopic (exact) mass is 430 g/mol. The minimum atomic E-state index is -3.83. The smallest absolute Gasteiger partial charge is 0.262 e. The summed E-state index contributed by atoms with van der Waals surface area (Å²) in [7, 11) is -7.52. The van der Waals surface area contributed by atoms with Crippen molar-refractivity contribution >= 4 is 37.3 Å². The van der Waals surface area contributed by atoms with Gasteiger partial charge in [-0.05, 0) is 82.1 Å². The molecule has 0 amide bonds. The van der Waals surface area contributed by atoms with Crippen LogP contribution in [-0.2, 0) is 20.0 Å². The SMILES string of the molecule is Cc1cc(S(=O)(=O)Nc2ccc(S(=O)(=O)NC(C)(C)C)cc2)c(C)cc1Cl. The summed E-state index contributed by atoms with van der Waals surface area (Å²) in [5.41, 5.74) is 0.809. The number of sulfonamides is 2. The van der Waals surface area contributed by atoms with Gasteiger partial charge in [0.05, 0.1) is 9.79 Å². The number of benzene rings is 2. The second-order valence-corrected chi connectivity index (χ2v) is 11.1. The van der Waals surface area contributed by atoms with Crippen molar-refractivity contribution in [3.63, 3.8) is 0 Å². The maximum Gasteiger partial charge on any atom is 0.262 e. The Kier molecular flexibility index (Phi) is 5.96. The van der Waals surface area contributed by atoms with Gasteiger partial charge in [-0.1, -0.05) is 11.6 Å². The van der Waals surface area contributed by atoms with E-state index in [-0.39, 0.29) is 15.5 Å². The van der Waals surface area contributed by atoms with E-state index in [1.807, 2.05) is 0 Å². The Morgan fingerprint density at radius 2 is 1.41 bits per heavy atom. The third kappa shape index (κ3) is 5.44. The van der Waals surface area contributed by atoms with Crippen LogP contribution in [0.1, 0.15) is 31.9 Å². The average Bonchev–Trinajstić information content (AvgIpc) is 2.48. The van der Waals surface area contributed by atoms with Crippen molar-refractivity contribution in [1.82, 2.24) is 4.72 Å². The average molecular weight is 431 g/mol. The minimum absolute atomic E-state index is 0.0545. The van der Waals surface area contributed by atoms with E-state index in [1.54, 1.807) is 40.7 Å². The molecule has 0 aliphatic heterocycles. The molecule has 0 bridgehead atoms. The normalized spacial score (nSPS) is 12.8. The summed E-state index contributed by atoms with van der Waals surface area (Å²) in [5, 5.41) is 0.493. The molecule has 0 saturated carbocycles. The van der Waals surface area contributed by atoms with Crippen LogP contribution in [0.5, 0.6) is 0 Å². The third-order valence-corrected chi connectivity index (χ3v) is 7.31. The molecule has 0 saturated heterocycles. The molecule has 148 valence electrons. The van der Waals surface area contributed by atoms with Crippen molar-refractivity contribution in [2.24, 2.45) is 0 Å². The Labute approximate surface area is 166 Å². The number of halogens is 1. The summed E-state index contributed by atoms with van der Waals surface area (Å²) in [6.45, 7) is 8.60. The predicted octanol–water partition coefficient (Wildman–Crippen LogP) is 3.83. The van der Waals surface area contributed by atoms with Crippen LogP contribution >= 0.6 is 11.6 Å². The van der Waals surface area contributed by atoms with Crippen molar-refractivity contribution in [2.75, 3.05) is 4.72 Å². The van der Waals surface area contributed by atoms with Gasteiger partial charge < -0.3 is 0 Å². The van der Waals surface area contributed by atoms with E-state index in [4.69, 9.17) is 11.6 Å². The molecule has 0 spiro atoms. The number of hydrogen-bond acceptors (Lipinski definition) is 4. The van der Waals surface area contributed by atoms with Crippen molar-refractivity contribution in [3.8, 4) is 0 Å². The van der Waals surface area contributed by atoms with Crippen LogP contribution in [0.15, 0.2) is 46.2 Å². The van der Waals surface area contributed by atoms with Gasteiger partial charge in [-0.2, -0.15) is 0 Å². The van der Waals surface area contributed by atoms with Gasteiger partial charge in [-0.3, -0.25) is 4.72 Å². The van der Waals surface area contributed by atoms with Crippen LogP contribution in [0.25, 0.3) is 0 Å². The standard InChI is InChI=1S/C18H23ClN2O4S2/c1-12-11-17(13(2)10-16(12)19)27(24,25)20-14-6-8-15(9-7-14)26(22,23)21-18(3,4)5/h6-11,20-21H,1-5H3. The quantitative estimate of drug-likeness (QED) is 0.753. The highest BCUT2D eigenvalue weighted by Crippen LogP contribution is 2.26. The maximum atomic E-state index is 12.7. The van der Waals surface area contributed by atoms with E-state index in [1.165, 1.54) is 30.3 Å². The van der Waals surface area contributed by atoms with Gasteiger partial charge in [0.15, 0.2) is 0 Å². The summed E-state index contributed by atoms with van der Waals surface area (Å²) in [4.78, 5) is 0.175. The molecular formula is C18H23ClN2O4S2. The lowest BCUT2D eigenvalue weighted by molar-refractivity contribution is 0.491. The topological polar surface area (TPSA) is 92.3 Å². The fourth-order valence-corrected chi connectivity index (χ4v) is 5.43. The highest BCUT2D eigenvalue weighted by molar-refractivity contribution is 7.92. The first kappa shape index (κ1) is 21.7. The van der Waals surface area contributed by atoms with Gasteiger partial charge in [-0.25, -0.2) is 21.6 Å². The second-order valence-electron chi connectivity index (χ2n) is 7.35. The van der Waals surface area contributed by atoms with Gasteiger partial charge in [0.1, 0.15) is 0 Å². The molecular weight excluding hydrogens is 408 g/mol. The first-order chi connectivity index (χ1) is 12.2. The number of anilines is 1. The molecule has 6 nitrogen and oxygen atoms in total. The van der Waals surface area contributed by atoms with Crippen molar-refractivity contribution < 1.29 is 16.8 Å². The molecule has 0 heterocycles. The molecule has 0 aliphatic carbocycles. The van der Waals surface area contributed by atoms with Crippen LogP contribution < -0.4 is 9.44 Å². The Morgan fingerprint density at radius 1 is 0.852 bits per heavy atom. The lowest BCUT2D eigenvalue weighted by Gasteiger charge is -2.20. The van der Waals surface area contributed by atoms with E-state index in [0.717, 1.165) is 0 Å². The zero-order valence-corrected chi connectivity index (χ0v) is 18.2. The lowest BCUT2D eigenvalue weighted by Crippen LogP contribution is -2.40. The van der Waals surface area contributed by atoms with Crippen molar-refractivity contribution in [1.29, 1.82) is 0 Å². The molecule has 0 fully saturated rings. The first-order valence-electron chi connectivity index (χ1n) is 8.15. The van der Waals surface area contributed by atoms with E-state index in [2.05, 4.69) is 9.44 Å². The Balaban J connectivity index is 2.30. The third-order valence-electron chi connectivity index (χ3n) is 3.60. The van der Waals surface area contributed by atoms with Gasteiger partial charge in [0.25, 0.3) is 10.0 Å². The van der Waals surface area contributed by atoms with E-state index < -0.39 is 25.6 Å². The van der Waals surface area contributed by atoms with Gasteiger partial charge in [0, 0.05) is 16.2 Å². The highest BCUT2D eigenvalue weighted by atomic mass is 35.5. The number of aryl methyl sites for hydroxylation is 2. The molecule has 0 aliphatic rings. The molecule has 27 heavy (non-hydrogen) atoms. The largest absolute Gasteiger partial charge is 0.280 e. The lowest BCUT2D eigenvalue weighted by atomic mass is 10.1. The zero-order chi connectivity index (χ0) is 20.6. The number of rotatable bonds is 5. The second kappa shape index (κ2) is 7.43. The molecule has 9 heteroatoms. The zero-order valence-electron chi connectivity index (χ0n) is 15.8. The summed E-state index contributed by atoms with van der Waals surface area (Å²) < 4.78 is 55.0. The summed E-state index contributed by atoms with van der Waals surface area (Å²) >= 11 is 6.02. The van der Waals surface area contributed by atoms with Crippen LogP contribution in [0.4, 0.5) is 5.69 Å². The van der Waals surface area contributed by atoms with E-state index in [9.17, 15) is 16.8 Å². The Hall–Kier alpha value is -1.61.